The average molecular weight is 678 g/mol. The molecule has 0 heterocycles. The summed E-state index contributed by atoms with van der Waals surface area (Å²) in [5.41, 5.74) is 0. The van der Waals surface area contributed by atoms with Crippen molar-refractivity contribution < 1.29 is 14.2 Å². The third-order valence-electron chi connectivity index (χ3n) is 9.42. The van der Waals surface area contributed by atoms with Crippen molar-refractivity contribution in [2.24, 2.45) is 0 Å². The smallest absolute Gasteiger partial charge is 0.147 e. The molecule has 0 rings (SSSR count). The topological polar surface area (TPSA) is 30.9 Å². The normalized spacial score (nSPS) is 12.8. The molecule has 0 spiro atoms. The molecule has 0 radical (unpaired) electrons. The number of rotatable bonds is 41. The Morgan fingerprint density at radius 3 is 1.23 bits per heavy atom. The van der Waals surface area contributed by atoms with E-state index in [0.717, 1.165) is 45.4 Å². The number of hydrogen-bond acceptors (Lipinski definition) is 4. The quantitative estimate of drug-likeness (QED) is 0.0366. The molecule has 1 unspecified atom stereocenters. The van der Waals surface area contributed by atoms with Crippen LogP contribution >= 0.6 is 0 Å². The van der Waals surface area contributed by atoms with Gasteiger partial charge in [-0.3, -0.25) is 0 Å². The zero-order valence-corrected chi connectivity index (χ0v) is 33.3. The van der Waals surface area contributed by atoms with Crippen LogP contribution < -0.4 is 0 Å². The molecule has 0 amide bonds. The highest BCUT2D eigenvalue weighted by molar-refractivity contribution is 4.82. The van der Waals surface area contributed by atoms with Gasteiger partial charge in [0.25, 0.3) is 0 Å². The molecule has 0 aromatic carbocycles. The van der Waals surface area contributed by atoms with Gasteiger partial charge in [-0.1, -0.05) is 154 Å². The summed E-state index contributed by atoms with van der Waals surface area (Å²) in [4.78, 5) is 2.25. The first-order valence-electron chi connectivity index (χ1n) is 21.4. The maximum atomic E-state index is 6.11. The standard InChI is InChI=1S/C44H87NO3/c1-5-7-9-11-13-15-17-19-21-23-25-27-29-31-33-35-40-46-42-44(38-37-39-45(3)4)48-43-47-41-36-34-32-30-28-26-24-22-20-18-16-14-12-10-8-6-2/h19-22,44H,5-18,23-43H2,1-4H3/b21-19-,22-20-. The first-order valence-corrected chi connectivity index (χ1v) is 21.4. The first-order chi connectivity index (χ1) is 23.7. The number of unbranched alkanes of at least 4 members (excludes halogenated alkanes) is 24. The highest BCUT2D eigenvalue weighted by Gasteiger charge is 2.10. The molecule has 0 aliphatic carbocycles. The van der Waals surface area contributed by atoms with E-state index in [9.17, 15) is 0 Å². The van der Waals surface area contributed by atoms with E-state index in [1.54, 1.807) is 0 Å². The lowest BCUT2D eigenvalue weighted by atomic mass is 10.1. The average Bonchev–Trinajstić information content (AvgIpc) is 3.08. The second kappa shape index (κ2) is 42.5. The predicted octanol–water partition coefficient (Wildman–Crippen LogP) is 13.8. The van der Waals surface area contributed by atoms with Crippen LogP contribution in [0.25, 0.3) is 0 Å². The maximum Gasteiger partial charge on any atom is 0.147 e. The molecule has 0 saturated carbocycles. The fourth-order valence-electron chi connectivity index (χ4n) is 6.17. The zero-order chi connectivity index (χ0) is 34.9. The Balaban J connectivity index is 3.65. The largest absolute Gasteiger partial charge is 0.379 e. The second-order valence-electron chi connectivity index (χ2n) is 14.7. The molecule has 0 aromatic rings. The Morgan fingerprint density at radius 1 is 0.438 bits per heavy atom. The minimum atomic E-state index is 0.138. The highest BCUT2D eigenvalue weighted by Crippen LogP contribution is 2.12. The minimum absolute atomic E-state index is 0.138. The van der Waals surface area contributed by atoms with Gasteiger partial charge in [0, 0.05) is 13.2 Å². The van der Waals surface area contributed by atoms with E-state index in [1.165, 1.54) is 167 Å². The van der Waals surface area contributed by atoms with Crippen molar-refractivity contribution in [3.05, 3.63) is 24.3 Å². The van der Waals surface area contributed by atoms with Crippen molar-refractivity contribution in [2.45, 2.75) is 213 Å². The summed E-state index contributed by atoms with van der Waals surface area (Å²) >= 11 is 0. The van der Waals surface area contributed by atoms with E-state index in [2.05, 4.69) is 57.1 Å². The number of hydrogen-bond donors (Lipinski definition) is 0. The minimum Gasteiger partial charge on any atom is -0.379 e. The van der Waals surface area contributed by atoms with Crippen LogP contribution in [-0.4, -0.2) is 58.3 Å². The SMILES string of the molecule is CCCCCCCC/C=C\CCCCCCCCOCOC(CCCN(C)C)COCCCCCCCC/C=C\CCCCCCCC. The lowest BCUT2D eigenvalue weighted by Gasteiger charge is -2.19. The monoisotopic (exact) mass is 678 g/mol. The molecule has 48 heavy (non-hydrogen) atoms. The molecule has 1 atom stereocenters. The van der Waals surface area contributed by atoms with Crippen molar-refractivity contribution in [3.8, 4) is 0 Å². The molecule has 0 bridgehead atoms. The van der Waals surface area contributed by atoms with E-state index in [0.29, 0.717) is 13.4 Å². The van der Waals surface area contributed by atoms with E-state index < -0.39 is 0 Å². The molecule has 0 saturated heterocycles. The van der Waals surface area contributed by atoms with Gasteiger partial charge in [0.15, 0.2) is 0 Å². The summed E-state index contributed by atoms with van der Waals surface area (Å²) in [6.07, 6.45) is 49.4. The maximum absolute atomic E-state index is 6.11. The van der Waals surface area contributed by atoms with Gasteiger partial charge < -0.3 is 19.1 Å². The fourth-order valence-corrected chi connectivity index (χ4v) is 6.17. The highest BCUT2D eigenvalue weighted by atomic mass is 16.7. The molecule has 4 nitrogen and oxygen atoms in total. The van der Waals surface area contributed by atoms with Crippen LogP contribution in [0.15, 0.2) is 24.3 Å². The van der Waals surface area contributed by atoms with Gasteiger partial charge in [0.05, 0.1) is 12.7 Å². The summed E-state index contributed by atoms with van der Waals surface area (Å²) in [6.45, 7) is 8.41. The van der Waals surface area contributed by atoms with Gasteiger partial charge in [0.2, 0.25) is 0 Å². The first kappa shape index (κ1) is 47.3. The molecule has 0 N–H and O–H groups in total. The Morgan fingerprint density at radius 2 is 0.812 bits per heavy atom. The second-order valence-corrected chi connectivity index (χ2v) is 14.7. The third-order valence-corrected chi connectivity index (χ3v) is 9.42. The van der Waals surface area contributed by atoms with Crippen LogP contribution in [-0.2, 0) is 14.2 Å². The van der Waals surface area contributed by atoms with E-state index in [1.807, 2.05) is 0 Å². The van der Waals surface area contributed by atoms with Crippen LogP contribution in [0.4, 0.5) is 0 Å². The van der Waals surface area contributed by atoms with E-state index in [-0.39, 0.29) is 6.10 Å². The van der Waals surface area contributed by atoms with Crippen LogP contribution in [0, 0.1) is 0 Å². The molecular weight excluding hydrogens is 590 g/mol. The summed E-state index contributed by atoms with van der Waals surface area (Å²) in [5, 5.41) is 0. The van der Waals surface area contributed by atoms with Crippen molar-refractivity contribution in [2.75, 3.05) is 47.3 Å². The Bertz CT molecular complexity index is 635. The number of allylic oxidation sites excluding steroid dienone is 4. The lowest BCUT2D eigenvalue weighted by molar-refractivity contribution is -0.114. The van der Waals surface area contributed by atoms with Crippen molar-refractivity contribution in [3.63, 3.8) is 0 Å². The number of nitrogens with zero attached hydrogens (tertiary/aromatic N) is 1. The van der Waals surface area contributed by atoms with E-state index >= 15 is 0 Å². The Kier molecular flexibility index (Phi) is 41.9. The van der Waals surface area contributed by atoms with Crippen LogP contribution in [0.3, 0.4) is 0 Å². The molecular formula is C44H87NO3. The van der Waals surface area contributed by atoms with Gasteiger partial charge in [-0.15, -0.1) is 0 Å². The summed E-state index contributed by atoms with van der Waals surface area (Å²) in [7, 11) is 4.27. The van der Waals surface area contributed by atoms with Gasteiger partial charge in [0.1, 0.15) is 6.79 Å². The molecule has 0 fully saturated rings. The van der Waals surface area contributed by atoms with Crippen molar-refractivity contribution >= 4 is 0 Å². The molecule has 0 aliphatic rings. The lowest BCUT2D eigenvalue weighted by Crippen LogP contribution is -2.24. The summed E-state index contributed by atoms with van der Waals surface area (Å²) < 4.78 is 18.0. The van der Waals surface area contributed by atoms with Crippen LogP contribution in [0.1, 0.15) is 206 Å². The Hall–Kier alpha value is -0.680. The van der Waals surface area contributed by atoms with E-state index in [4.69, 9.17) is 14.2 Å². The van der Waals surface area contributed by atoms with Crippen LogP contribution in [0.2, 0.25) is 0 Å². The number of ether oxygens (including phenoxy) is 3. The predicted molar refractivity (Wildman–Crippen MR) is 213 cm³/mol. The van der Waals surface area contributed by atoms with Crippen molar-refractivity contribution in [1.82, 2.24) is 4.90 Å². The molecule has 4 heteroatoms. The Labute approximate surface area is 302 Å². The zero-order valence-electron chi connectivity index (χ0n) is 33.3. The van der Waals surface area contributed by atoms with Gasteiger partial charge in [-0.25, -0.2) is 0 Å². The van der Waals surface area contributed by atoms with Gasteiger partial charge in [-0.2, -0.15) is 0 Å². The summed E-state index contributed by atoms with van der Waals surface area (Å²) in [5.74, 6) is 0. The molecule has 0 aliphatic heterocycles. The molecule has 0 aromatic heterocycles. The van der Waals surface area contributed by atoms with Gasteiger partial charge >= 0.3 is 0 Å². The third kappa shape index (κ3) is 41.5. The molecule has 286 valence electrons. The van der Waals surface area contributed by atoms with Crippen LogP contribution in [0.5, 0.6) is 0 Å². The summed E-state index contributed by atoms with van der Waals surface area (Å²) in [6, 6.07) is 0. The van der Waals surface area contributed by atoms with Gasteiger partial charge in [-0.05, 0) is 97.7 Å². The fraction of sp³-hybridized carbons (Fsp3) is 0.909. The van der Waals surface area contributed by atoms with Crippen molar-refractivity contribution in [1.29, 1.82) is 0 Å².